The van der Waals surface area contributed by atoms with Crippen molar-refractivity contribution in [2.75, 3.05) is 0 Å². The van der Waals surface area contributed by atoms with Crippen molar-refractivity contribution < 1.29 is 14.3 Å². The minimum atomic E-state index is -0.676. The summed E-state index contributed by atoms with van der Waals surface area (Å²) >= 11 is 0. The van der Waals surface area contributed by atoms with E-state index in [2.05, 4.69) is 40.7 Å². The summed E-state index contributed by atoms with van der Waals surface area (Å²) in [4.78, 5) is 27.4. The predicted molar refractivity (Wildman–Crippen MR) is 136 cm³/mol. The highest BCUT2D eigenvalue weighted by atomic mass is 16.5. The molecule has 5 rings (SSSR count). The van der Waals surface area contributed by atoms with Gasteiger partial charge in [0.2, 0.25) is 0 Å². The largest absolute Gasteiger partial charge is 0.416 e. The van der Waals surface area contributed by atoms with Gasteiger partial charge >= 0.3 is 0 Å². The molecule has 0 aromatic carbocycles. The van der Waals surface area contributed by atoms with Gasteiger partial charge in [-0.3, -0.25) is 9.59 Å². The summed E-state index contributed by atoms with van der Waals surface area (Å²) in [5, 5.41) is 19.4. The van der Waals surface area contributed by atoms with Gasteiger partial charge in [-0.05, 0) is 78.9 Å². The van der Waals surface area contributed by atoms with E-state index in [1.807, 2.05) is 32.3 Å². The number of ether oxygens (including phenoxy) is 1. The smallest absolute Gasteiger partial charge is 0.287 e. The van der Waals surface area contributed by atoms with Crippen molar-refractivity contribution in [2.45, 2.75) is 99.0 Å². The zero-order chi connectivity index (χ0) is 26.5. The minimum Gasteiger partial charge on any atom is -0.416 e. The predicted octanol–water partition coefficient (Wildman–Crippen LogP) is 6.52. The van der Waals surface area contributed by atoms with Crippen LogP contribution in [0.3, 0.4) is 0 Å². The summed E-state index contributed by atoms with van der Waals surface area (Å²) in [6.45, 7) is 15.1. The SMILES string of the molecule is CC1(C)CCC2(OC#N)CCC3(C)C(=C2C1)C(=O)C=C1C2(C)C=C(C#N)C(=O)C(C)(C)C2CCC13C. The highest BCUT2D eigenvalue weighted by Crippen LogP contribution is 2.72. The first-order valence-corrected chi connectivity index (χ1v) is 13.4. The molecule has 0 spiro atoms. The van der Waals surface area contributed by atoms with Gasteiger partial charge in [0.25, 0.3) is 6.26 Å². The number of Topliss-reactive ketones (excluding diaryl/α,β-unsaturated/α-hetero) is 1. The molecule has 2 fully saturated rings. The van der Waals surface area contributed by atoms with Gasteiger partial charge in [-0.25, -0.2) is 0 Å². The molecule has 0 amide bonds. The third kappa shape index (κ3) is 2.87. The average molecular weight is 487 g/mol. The van der Waals surface area contributed by atoms with Crippen molar-refractivity contribution >= 4 is 11.6 Å². The summed E-state index contributed by atoms with van der Waals surface area (Å²) in [5.41, 5.74) is 0.617. The molecule has 0 aliphatic heterocycles. The van der Waals surface area contributed by atoms with Gasteiger partial charge in [-0.1, -0.05) is 54.5 Å². The van der Waals surface area contributed by atoms with Gasteiger partial charge in [-0.2, -0.15) is 10.5 Å². The highest BCUT2D eigenvalue weighted by Gasteiger charge is 2.67. The third-order valence-corrected chi connectivity index (χ3v) is 11.4. The molecule has 0 aromatic rings. The average Bonchev–Trinajstić information content (AvgIpc) is 2.79. The summed E-state index contributed by atoms with van der Waals surface area (Å²) in [7, 11) is 0. The summed E-state index contributed by atoms with van der Waals surface area (Å²) in [6.07, 6.45) is 11.4. The zero-order valence-electron chi connectivity index (χ0n) is 22.8. The first-order valence-electron chi connectivity index (χ1n) is 13.4. The van der Waals surface area contributed by atoms with Crippen molar-refractivity contribution in [3.05, 3.63) is 34.4 Å². The first kappa shape index (κ1) is 25.0. The van der Waals surface area contributed by atoms with Crippen LogP contribution in [0.2, 0.25) is 0 Å². The lowest BCUT2D eigenvalue weighted by molar-refractivity contribution is -0.132. The molecule has 2 saturated carbocycles. The van der Waals surface area contributed by atoms with E-state index in [0.717, 1.165) is 61.7 Å². The fraction of sp³-hybridized carbons (Fsp3) is 0.677. The lowest BCUT2D eigenvalue weighted by Crippen LogP contribution is -2.60. The molecule has 36 heavy (non-hydrogen) atoms. The maximum Gasteiger partial charge on any atom is 0.287 e. The Morgan fingerprint density at radius 1 is 0.917 bits per heavy atom. The number of ketones is 2. The first-order chi connectivity index (χ1) is 16.6. The second kappa shape index (κ2) is 7.22. The molecule has 5 unspecified atom stereocenters. The number of rotatable bonds is 1. The Kier molecular flexibility index (Phi) is 5.01. The Bertz CT molecular complexity index is 1270. The molecule has 0 N–H and O–H groups in total. The maximum atomic E-state index is 14.2. The summed E-state index contributed by atoms with van der Waals surface area (Å²) in [5.74, 6) is -0.0436. The number of hydrogen-bond donors (Lipinski definition) is 0. The lowest BCUT2D eigenvalue weighted by atomic mass is 9.38. The van der Waals surface area contributed by atoms with Gasteiger partial charge in [0.15, 0.2) is 11.6 Å². The van der Waals surface area contributed by atoms with Crippen molar-refractivity contribution in [1.29, 1.82) is 10.5 Å². The van der Waals surface area contributed by atoms with Crippen LogP contribution in [-0.4, -0.2) is 17.2 Å². The van der Waals surface area contributed by atoms with E-state index in [9.17, 15) is 20.1 Å². The molecule has 0 bridgehead atoms. The highest BCUT2D eigenvalue weighted by molar-refractivity contribution is 6.09. The fourth-order valence-electron chi connectivity index (χ4n) is 9.13. The Balaban J connectivity index is 1.78. The Morgan fingerprint density at radius 3 is 2.22 bits per heavy atom. The lowest BCUT2D eigenvalue weighted by Gasteiger charge is -2.65. The second-order valence-corrected chi connectivity index (χ2v) is 14.1. The molecule has 0 saturated heterocycles. The van der Waals surface area contributed by atoms with Crippen LogP contribution in [0, 0.1) is 55.8 Å². The molecular formula is C31H38N2O3. The number of carbonyl (C=O) groups excluding carboxylic acids is 2. The summed E-state index contributed by atoms with van der Waals surface area (Å²) in [6, 6.07) is 2.16. The van der Waals surface area contributed by atoms with E-state index in [0.29, 0.717) is 0 Å². The van der Waals surface area contributed by atoms with Crippen molar-refractivity contribution in [3.63, 3.8) is 0 Å². The number of nitriles is 2. The molecule has 0 heterocycles. The monoisotopic (exact) mass is 486 g/mol. The minimum absolute atomic E-state index is 0.0202. The van der Waals surface area contributed by atoms with E-state index in [-0.39, 0.29) is 33.9 Å². The fourth-order valence-corrected chi connectivity index (χ4v) is 9.13. The van der Waals surface area contributed by atoms with Crippen LogP contribution in [-0.2, 0) is 14.3 Å². The van der Waals surface area contributed by atoms with E-state index in [1.54, 1.807) is 0 Å². The standard InChI is InChI=1S/C31H38N2O3/c1-26(2)10-12-31(36-18-33)13-11-30(7)24(20(31)16-26)21(34)14-23-28(5)15-19(17-32)25(35)27(3,4)22(28)8-9-29(23,30)6/h14-15,22H,8-13,16H2,1-7H3. The van der Waals surface area contributed by atoms with Crippen LogP contribution in [0.25, 0.3) is 0 Å². The van der Waals surface area contributed by atoms with Gasteiger partial charge in [-0.15, -0.1) is 0 Å². The van der Waals surface area contributed by atoms with Gasteiger partial charge in [0, 0.05) is 21.8 Å². The number of hydrogen-bond acceptors (Lipinski definition) is 5. The van der Waals surface area contributed by atoms with Crippen molar-refractivity contribution in [1.82, 2.24) is 0 Å². The maximum absolute atomic E-state index is 14.2. The zero-order valence-corrected chi connectivity index (χ0v) is 22.8. The van der Waals surface area contributed by atoms with Crippen molar-refractivity contribution in [2.24, 2.45) is 33.0 Å². The van der Waals surface area contributed by atoms with Crippen LogP contribution in [0.1, 0.15) is 93.4 Å². The van der Waals surface area contributed by atoms with Crippen LogP contribution < -0.4 is 0 Å². The Labute approximate surface area is 215 Å². The van der Waals surface area contributed by atoms with Gasteiger partial charge < -0.3 is 4.74 Å². The second-order valence-electron chi connectivity index (χ2n) is 14.1. The quantitative estimate of drug-likeness (QED) is 0.394. The number of carbonyl (C=O) groups is 2. The Hall–Kier alpha value is -2.66. The van der Waals surface area contributed by atoms with Crippen molar-refractivity contribution in [3.8, 4) is 12.3 Å². The summed E-state index contributed by atoms with van der Waals surface area (Å²) < 4.78 is 5.84. The Morgan fingerprint density at radius 2 is 1.58 bits per heavy atom. The molecule has 5 atom stereocenters. The van der Waals surface area contributed by atoms with Crippen LogP contribution >= 0.6 is 0 Å². The third-order valence-electron chi connectivity index (χ3n) is 11.4. The topological polar surface area (TPSA) is 90.9 Å². The molecule has 0 aromatic heterocycles. The molecule has 5 aliphatic rings. The van der Waals surface area contributed by atoms with E-state index < -0.39 is 21.8 Å². The molecule has 190 valence electrons. The molecule has 5 nitrogen and oxygen atoms in total. The van der Waals surface area contributed by atoms with E-state index >= 15 is 0 Å². The molecule has 5 aliphatic carbocycles. The van der Waals surface area contributed by atoms with Crippen LogP contribution in [0.5, 0.6) is 0 Å². The van der Waals surface area contributed by atoms with Gasteiger partial charge in [0.05, 0.1) is 5.57 Å². The number of fused-ring (bicyclic) bond motifs is 6. The van der Waals surface area contributed by atoms with Gasteiger partial charge in [0.1, 0.15) is 11.7 Å². The molecular weight excluding hydrogens is 448 g/mol. The number of allylic oxidation sites excluding steroid dienone is 5. The normalized spacial score (nSPS) is 42.4. The van der Waals surface area contributed by atoms with E-state index in [1.165, 1.54) is 0 Å². The molecule has 5 heteroatoms. The van der Waals surface area contributed by atoms with E-state index in [4.69, 9.17) is 4.74 Å². The van der Waals surface area contributed by atoms with Crippen LogP contribution in [0.15, 0.2) is 34.4 Å². The van der Waals surface area contributed by atoms with Crippen LogP contribution in [0.4, 0.5) is 0 Å². The molecule has 0 radical (unpaired) electrons. The number of nitrogens with zero attached hydrogens (tertiary/aromatic N) is 2.